The molecule has 4 unspecified atom stereocenters. The fourth-order valence-corrected chi connectivity index (χ4v) is 2.18. The third-order valence-corrected chi connectivity index (χ3v) is 3.19. The molecule has 4 atom stereocenters. The number of H-pyrrole nitrogens is 1. The van der Waals surface area contributed by atoms with Gasteiger partial charge in [0.05, 0.1) is 6.61 Å². The molecule has 1 aliphatic heterocycles. The highest BCUT2D eigenvalue weighted by molar-refractivity contribution is 5.36. The number of aromatic amines is 1. The number of hydrogen-bond acceptors (Lipinski definition) is 7. The maximum atomic E-state index is 11.9. The van der Waals surface area contributed by atoms with E-state index in [-0.39, 0.29) is 5.82 Å². The second kappa shape index (κ2) is 5.37. The molecule has 112 valence electrons. The van der Waals surface area contributed by atoms with Crippen molar-refractivity contribution in [2.75, 3.05) is 25.6 Å². The third-order valence-electron chi connectivity index (χ3n) is 3.19. The Bertz CT molecular complexity index is 595. The molecule has 2 heterocycles. The van der Waals surface area contributed by atoms with Crippen molar-refractivity contribution >= 4 is 5.82 Å². The number of nitrogens with zero attached hydrogens (tertiary/aromatic N) is 2. The Kier molecular flexibility index (Phi) is 3.95. The van der Waals surface area contributed by atoms with Gasteiger partial charge in [-0.3, -0.25) is 9.78 Å². The minimum Gasteiger partial charge on any atom is -0.394 e. The van der Waals surface area contributed by atoms with E-state index in [0.29, 0.717) is 0 Å². The summed E-state index contributed by atoms with van der Waals surface area (Å²) in [4.78, 5) is 26.9. The summed E-state index contributed by atoms with van der Waals surface area (Å²) in [6.07, 6.45) is -4.90. The lowest BCUT2D eigenvalue weighted by Gasteiger charge is -2.24. The van der Waals surface area contributed by atoms with Crippen LogP contribution in [0.1, 0.15) is 6.23 Å². The van der Waals surface area contributed by atoms with Crippen LogP contribution in [0.4, 0.5) is 5.82 Å². The van der Waals surface area contributed by atoms with Gasteiger partial charge in [0.25, 0.3) is 5.56 Å². The van der Waals surface area contributed by atoms with Gasteiger partial charge in [-0.15, -0.1) is 0 Å². The third kappa shape index (κ3) is 2.36. The molecule has 9 nitrogen and oxygen atoms in total. The van der Waals surface area contributed by atoms with E-state index < -0.39 is 42.4 Å². The highest BCUT2D eigenvalue weighted by atomic mass is 16.6. The molecule has 20 heavy (non-hydrogen) atoms. The average Bonchev–Trinajstić information content (AvgIpc) is 2.65. The molecule has 0 bridgehead atoms. The molecular formula is C11H17N3O6. The standard InChI is InChI=1S/C11H17N3O6/c1-13(2)7-3-6(16)12-11(19)14(7)10-9(18)8(17)5(4-15)20-10/h3,5,8-10,15,17-18H,4H2,1-2H3,(H,12,16,19). The SMILES string of the molecule is CN(C)c1cc(=O)[nH]c(=O)n1C1OC(CO)C(O)C1O. The quantitative estimate of drug-likeness (QED) is 0.473. The Morgan fingerprint density at radius 3 is 2.50 bits per heavy atom. The number of ether oxygens (including phenoxy) is 1. The van der Waals surface area contributed by atoms with Crippen LogP contribution in [-0.2, 0) is 4.74 Å². The first-order valence-corrected chi connectivity index (χ1v) is 6.02. The zero-order valence-electron chi connectivity index (χ0n) is 11.1. The van der Waals surface area contributed by atoms with E-state index in [4.69, 9.17) is 9.84 Å². The summed E-state index contributed by atoms with van der Waals surface area (Å²) in [5.74, 6) is 0.216. The van der Waals surface area contributed by atoms with Crippen molar-refractivity contribution in [1.29, 1.82) is 0 Å². The molecule has 2 rings (SSSR count). The molecule has 4 N–H and O–H groups in total. The number of aliphatic hydroxyl groups is 3. The predicted molar refractivity (Wildman–Crippen MR) is 68.7 cm³/mol. The zero-order valence-corrected chi connectivity index (χ0v) is 11.1. The second-order valence-electron chi connectivity index (χ2n) is 4.79. The molecule has 1 aromatic heterocycles. The van der Waals surface area contributed by atoms with Crippen molar-refractivity contribution < 1.29 is 20.1 Å². The van der Waals surface area contributed by atoms with Gasteiger partial charge >= 0.3 is 5.69 Å². The van der Waals surface area contributed by atoms with Crippen molar-refractivity contribution in [3.05, 3.63) is 26.9 Å². The minimum absolute atomic E-state index is 0.216. The maximum Gasteiger partial charge on any atom is 0.332 e. The van der Waals surface area contributed by atoms with Crippen LogP contribution in [0.15, 0.2) is 15.7 Å². The number of nitrogens with one attached hydrogen (secondary N) is 1. The van der Waals surface area contributed by atoms with Crippen LogP contribution in [-0.4, -0.2) is 63.9 Å². The van der Waals surface area contributed by atoms with E-state index >= 15 is 0 Å². The molecule has 1 fully saturated rings. The Balaban J connectivity index is 2.53. The fraction of sp³-hybridized carbons (Fsp3) is 0.636. The number of rotatable bonds is 3. The summed E-state index contributed by atoms with van der Waals surface area (Å²) in [6.45, 7) is -0.496. The average molecular weight is 287 g/mol. The largest absolute Gasteiger partial charge is 0.394 e. The van der Waals surface area contributed by atoms with Gasteiger partial charge in [0.1, 0.15) is 24.1 Å². The lowest BCUT2D eigenvalue weighted by Crippen LogP contribution is -2.40. The Hall–Kier alpha value is -1.68. The van der Waals surface area contributed by atoms with Crippen LogP contribution < -0.4 is 16.1 Å². The molecule has 1 saturated heterocycles. The van der Waals surface area contributed by atoms with Gasteiger partial charge in [0.2, 0.25) is 0 Å². The van der Waals surface area contributed by atoms with E-state index in [9.17, 15) is 19.8 Å². The first-order chi connectivity index (χ1) is 9.36. The topological polar surface area (TPSA) is 128 Å². The Morgan fingerprint density at radius 1 is 1.35 bits per heavy atom. The number of aliphatic hydroxyl groups excluding tert-OH is 3. The van der Waals surface area contributed by atoms with Gasteiger partial charge in [-0.2, -0.15) is 0 Å². The summed E-state index contributed by atoms with van der Waals surface area (Å²) in [6, 6.07) is 1.18. The van der Waals surface area contributed by atoms with E-state index in [1.165, 1.54) is 11.0 Å². The zero-order chi connectivity index (χ0) is 15.0. The van der Waals surface area contributed by atoms with E-state index in [2.05, 4.69) is 4.98 Å². The first-order valence-electron chi connectivity index (χ1n) is 6.02. The molecule has 0 spiro atoms. The monoisotopic (exact) mass is 287 g/mol. The molecular weight excluding hydrogens is 270 g/mol. The van der Waals surface area contributed by atoms with Crippen LogP contribution in [0, 0.1) is 0 Å². The van der Waals surface area contributed by atoms with Gasteiger partial charge in [-0.25, -0.2) is 9.36 Å². The summed E-state index contributed by atoms with van der Waals surface area (Å²) in [5, 5.41) is 28.7. The van der Waals surface area contributed by atoms with Gasteiger partial charge in [0, 0.05) is 20.2 Å². The van der Waals surface area contributed by atoms with Crippen molar-refractivity contribution in [3.63, 3.8) is 0 Å². The van der Waals surface area contributed by atoms with Crippen LogP contribution in [0.3, 0.4) is 0 Å². The Labute approximate surface area is 113 Å². The van der Waals surface area contributed by atoms with Gasteiger partial charge in [0.15, 0.2) is 6.23 Å². The summed E-state index contributed by atoms with van der Waals surface area (Å²) in [7, 11) is 3.23. The first kappa shape index (κ1) is 14.7. The van der Waals surface area contributed by atoms with Crippen molar-refractivity contribution in [3.8, 4) is 0 Å². The van der Waals surface area contributed by atoms with E-state index in [1.54, 1.807) is 14.1 Å². The summed E-state index contributed by atoms with van der Waals surface area (Å²) in [5.41, 5.74) is -1.35. The molecule has 1 aliphatic rings. The van der Waals surface area contributed by atoms with Crippen LogP contribution in [0.25, 0.3) is 0 Å². The minimum atomic E-state index is -1.39. The van der Waals surface area contributed by atoms with Crippen LogP contribution in [0.5, 0.6) is 0 Å². The number of anilines is 1. The van der Waals surface area contributed by atoms with Gasteiger partial charge in [-0.1, -0.05) is 0 Å². The fourth-order valence-electron chi connectivity index (χ4n) is 2.18. The highest BCUT2D eigenvalue weighted by Crippen LogP contribution is 2.30. The summed E-state index contributed by atoms with van der Waals surface area (Å²) >= 11 is 0. The van der Waals surface area contributed by atoms with Gasteiger partial charge in [-0.05, 0) is 0 Å². The smallest absolute Gasteiger partial charge is 0.332 e. The second-order valence-corrected chi connectivity index (χ2v) is 4.79. The van der Waals surface area contributed by atoms with Crippen LogP contribution >= 0.6 is 0 Å². The van der Waals surface area contributed by atoms with Crippen molar-refractivity contribution in [2.24, 2.45) is 0 Å². The predicted octanol–water partition coefficient (Wildman–Crippen LogP) is -2.79. The number of aromatic nitrogens is 2. The lowest BCUT2D eigenvalue weighted by molar-refractivity contribution is -0.0542. The molecule has 0 radical (unpaired) electrons. The van der Waals surface area contributed by atoms with Crippen molar-refractivity contribution in [2.45, 2.75) is 24.5 Å². The molecule has 1 aromatic rings. The molecule has 9 heteroatoms. The normalized spacial score (nSPS) is 29.6. The Morgan fingerprint density at radius 2 is 2.00 bits per heavy atom. The molecule has 0 saturated carbocycles. The van der Waals surface area contributed by atoms with E-state index in [0.717, 1.165) is 4.57 Å². The highest BCUT2D eigenvalue weighted by Gasteiger charge is 2.44. The molecule has 0 aliphatic carbocycles. The maximum absolute atomic E-state index is 11.9. The molecule has 0 aromatic carbocycles. The van der Waals surface area contributed by atoms with Crippen molar-refractivity contribution in [1.82, 2.24) is 9.55 Å². The van der Waals surface area contributed by atoms with E-state index in [1.807, 2.05) is 0 Å². The van der Waals surface area contributed by atoms with Gasteiger partial charge < -0.3 is 25.0 Å². The lowest BCUT2D eigenvalue weighted by atomic mass is 10.1. The summed E-state index contributed by atoms with van der Waals surface area (Å²) < 4.78 is 6.33. The molecule has 0 amide bonds. The van der Waals surface area contributed by atoms with Crippen LogP contribution in [0.2, 0.25) is 0 Å². The number of hydrogen-bond donors (Lipinski definition) is 4.